The zero-order valence-corrected chi connectivity index (χ0v) is 11.4. The van der Waals surface area contributed by atoms with E-state index in [9.17, 15) is 19.4 Å². The van der Waals surface area contributed by atoms with Crippen molar-refractivity contribution in [2.75, 3.05) is 19.5 Å². The summed E-state index contributed by atoms with van der Waals surface area (Å²) in [6, 6.07) is 0. The number of aliphatic hydroxyl groups excluding tert-OH is 2. The number of H-pyrrole nitrogens is 1. The first kappa shape index (κ1) is 17.3. The van der Waals surface area contributed by atoms with Gasteiger partial charge in [-0.3, -0.25) is 14.3 Å². The molecule has 0 unspecified atom stereocenters. The number of ether oxygens (including phenoxy) is 2. The molecule has 11 heteroatoms. The van der Waals surface area contributed by atoms with Crippen LogP contribution in [-0.4, -0.2) is 61.5 Å². The van der Waals surface area contributed by atoms with Gasteiger partial charge in [0.15, 0.2) is 23.6 Å². The zero-order chi connectivity index (χ0) is 16.1. The summed E-state index contributed by atoms with van der Waals surface area (Å²) >= 11 is 0. The lowest BCUT2D eigenvalue weighted by atomic mass is 10.1. The Labute approximate surface area is 129 Å². The number of aliphatic hydroxyl groups is 2. The maximum Gasteiger partial charge on any atom is 0.280 e. The van der Waals surface area contributed by atoms with Crippen molar-refractivity contribution in [1.29, 1.82) is 0 Å². The summed E-state index contributed by atoms with van der Waals surface area (Å²) in [5.74, 6) is -2.08. The van der Waals surface area contributed by atoms with Crippen LogP contribution in [-0.2, 0) is 9.47 Å². The maximum atomic E-state index is 14.4. The second-order valence-electron chi connectivity index (χ2n) is 4.85. The van der Waals surface area contributed by atoms with Crippen molar-refractivity contribution in [3.8, 4) is 0 Å². The van der Waals surface area contributed by atoms with Gasteiger partial charge in [-0.05, 0) is 0 Å². The first-order chi connectivity index (χ1) is 10.4. The average molecular weight is 331 g/mol. The number of nitrogens with two attached hydrogens (primary N) is 1. The normalized spacial score (nSPS) is 30.5. The molecule has 1 aliphatic rings. The Hall–Kier alpha value is -2.08. The summed E-state index contributed by atoms with van der Waals surface area (Å²) in [4.78, 5) is 21.7. The molecule has 2 aromatic rings. The van der Waals surface area contributed by atoms with Gasteiger partial charge in [-0.15, -0.1) is 0 Å². The molecule has 0 amide bonds. The number of imidazole rings is 1. The van der Waals surface area contributed by atoms with Crippen molar-refractivity contribution in [1.82, 2.24) is 19.5 Å². The Bertz CT molecular complexity index is 758. The number of hydrogen-bond acceptors (Lipinski definition) is 8. The number of anilines is 1. The highest BCUT2D eigenvalue weighted by Gasteiger charge is 2.56. The summed E-state index contributed by atoms with van der Waals surface area (Å²) in [5.41, 5.74) is 4.81. The highest BCUT2D eigenvalue weighted by atomic mass is 19.1. The molecule has 128 valence electrons. The largest absolute Gasteiger partial charge is 0.391 e. The van der Waals surface area contributed by atoms with Crippen LogP contribution in [0.2, 0.25) is 0 Å². The molecule has 3 heterocycles. The van der Waals surface area contributed by atoms with E-state index < -0.39 is 36.5 Å². The number of halogens is 1. The topological polar surface area (TPSA) is 149 Å². The first-order valence-corrected chi connectivity index (χ1v) is 6.32. The SMILES string of the molecule is C.CO[C@]1(CO)O[C@@H](n2cnc3c(=O)[nH]c(N)nc32)[C@H](F)[C@@H]1O. The second kappa shape index (κ2) is 5.85. The van der Waals surface area contributed by atoms with Crippen molar-refractivity contribution < 1.29 is 24.1 Å². The molecule has 0 radical (unpaired) electrons. The third-order valence-electron chi connectivity index (χ3n) is 3.64. The van der Waals surface area contributed by atoms with Gasteiger partial charge in [-0.25, -0.2) is 9.37 Å². The quantitative estimate of drug-likeness (QED) is 0.554. The molecule has 1 aliphatic heterocycles. The van der Waals surface area contributed by atoms with Crippen LogP contribution in [0.15, 0.2) is 11.1 Å². The molecular weight excluding hydrogens is 313 g/mol. The Morgan fingerprint density at radius 3 is 2.91 bits per heavy atom. The van der Waals surface area contributed by atoms with E-state index in [1.54, 1.807) is 0 Å². The van der Waals surface area contributed by atoms with E-state index in [4.69, 9.17) is 15.2 Å². The Balaban J connectivity index is 0.00000192. The Morgan fingerprint density at radius 2 is 2.35 bits per heavy atom. The van der Waals surface area contributed by atoms with Crippen LogP contribution in [0.4, 0.5) is 10.3 Å². The lowest BCUT2D eigenvalue weighted by Gasteiger charge is -2.27. The minimum atomic E-state index is -1.94. The zero-order valence-electron chi connectivity index (χ0n) is 11.4. The number of rotatable bonds is 3. The van der Waals surface area contributed by atoms with Crippen LogP contribution in [0, 0.1) is 0 Å². The summed E-state index contributed by atoms with van der Waals surface area (Å²) in [6.07, 6.45) is -3.92. The van der Waals surface area contributed by atoms with Crippen LogP contribution in [0.1, 0.15) is 13.7 Å². The average Bonchev–Trinajstić information content (AvgIpc) is 3.01. The van der Waals surface area contributed by atoms with E-state index >= 15 is 0 Å². The number of aromatic amines is 1. The highest BCUT2D eigenvalue weighted by molar-refractivity contribution is 5.70. The number of alkyl halides is 1. The lowest BCUT2D eigenvalue weighted by Crippen LogP contribution is -2.47. The van der Waals surface area contributed by atoms with E-state index in [1.807, 2.05) is 0 Å². The number of methoxy groups -OCH3 is 1. The minimum absolute atomic E-state index is 0. The molecule has 23 heavy (non-hydrogen) atoms. The fourth-order valence-electron chi connectivity index (χ4n) is 2.44. The van der Waals surface area contributed by atoms with Gasteiger partial charge in [0.1, 0.15) is 12.7 Å². The Morgan fingerprint density at radius 1 is 1.65 bits per heavy atom. The van der Waals surface area contributed by atoms with Crippen LogP contribution >= 0.6 is 0 Å². The fraction of sp³-hybridized carbons (Fsp3) is 0.583. The predicted octanol–water partition coefficient (Wildman–Crippen LogP) is -1.10. The number of nitrogens with one attached hydrogen (secondary N) is 1. The third-order valence-corrected chi connectivity index (χ3v) is 3.64. The van der Waals surface area contributed by atoms with Gasteiger partial charge in [0.2, 0.25) is 11.7 Å². The maximum absolute atomic E-state index is 14.4. The van der Waals surface area contributed by atoms with E-state index in [1.165, 1.54) is 7.11 Å². The molecule has 0 spiro atoms. The van der Waals surface area contributed by atoms with Gasteiger partial charge in [-0.2, -0.15) is 4.98 Å². The number of fused-ring (bicyclic) bond motifs is 1. The van der Waals surface area contributed by atoms with Gasteiger partial charge in [0.05, 0.1) is 6.33 Å². The van der Waals surface area contributed by atoms with Crippen molar-refractivity contribution in [3.63, 3.8) is 0 Å². The van der Waals surface area contributed by atoms with Crippen LogP contribution in [0.5, 0.6) is 0 Å². The first-order valence-electron chi connectivity index (χ1n) is 6.32. The van der Waals surface area contributed by atoms with Gasteiger partial charge in [0.25, 0.3) is 5.56 Å². The Kier molecular flexibility index (Phi) is 4.39. The van der Waals surface area contributed by atoms with Crippen LogP contribution < -0.4 is 11.3 Å². The number of nitrogens with zero attached hydrogens (tertiary/aromatic N) is 3. The summed E-state index contributed by atoms with van der Waals surface area (Å²) in [7, 11) is 1.17. The number of aromatic nitrogens is 4. The summed E-state index contributed by atoms with van der Waals surface area (Å²) < 4.78 is 25.7. The molecule has 2 aromatic heterocycles. The molecule has 0 saturated carbocycles. The molecule has 4 atom stereocenters. The molecule has 3 rings (SSSR count). The van der Waals surface area contributed by atoms with Gasteiger partial charge < -0.3 is 25.4 Å². The number of nitrogen functional groups attached to an aromatic ring is 1. The molecule has 5 N–H and O–H groups in total. The van der Waals surface area contributed by atoms with Crippen molar-refractivity contribution in [2.24, 2.45) is 0 Å². The molecular formula is C12H18FN5O5. The van der Waals surface area contributed by atoms with E-state index in [0.717, 1.165) is 10.9 Å². The number of hydrogen-bond donors (Lipinski definition) is 4. The van der Waals surface area contributed by atoms with Crippen LogP contribution in [0.25, 0.3) is 11.2 Å². The smallest absolute Gasteiger partial charge is 0.280 e. The second-order valence-corrected chi connectivity index (χ2v) is 4.85. The minimum Gasteiger partial charge on any atom is -0.391 e. The predicted molar refractivity (Wildman–Crippen MR) is 77.1 cm³/mol. The van der Waals surface area contributed by atoms with E-state index in [2.05, 4.69) is 15.0 Å². The molecule has 1 fully saturated rings. The van der Waals surface area contributed by atoms with Gasteiger partial charge >= 0.3 is 0 Å². The highest BCUT2D eigenvalue weighted by Crippen LogP contribution is 2.40. The van der Waals surface area contributed by atoms with E-state index in [-0.39, 0.29) is 24.5 Å². The molecule has 0 aromatic carbocycles. The van der Waals surface area contributed by atoms with Crippen molar-refractivity contribution in [2.45, 2.75) is 31.7 Å². The summed E-state index contributed by atoms with van der Waals surface area (Å²) in [5, 5.41) is 19.3. The van der Waals surface area contributed by atoms with Crippen LogP contribution in [0.3, 0.4) is 0 Å². The molecule has 0 bridgehead atoms. The lowest BCUT2D eigenvalue weighted by molar-refractivity contribution is -0.269. The fourth-order valence-corrected chi connectivity index (χ4v) is 2.44. The standard InChI is InChI=1S/C11H14FN5O5.CH4/c1-21-11(2-18)6(19)4(12)9(22-11)17-3-14-5-7(17)15-10(13)16-8(5)20;/h3-4,6,9,18-19H,2H2,1H3,(H3,13,15,16,20);1H4/t4-,6+,9-,11-;/m1./s1. The summed E-state index contributed by atoms with van der Waals surface area (Å²) in [6.45, 7) is -0.760. The molecule has 1 saturated heterocycles. The third kappa shape index (κ3) is 2.37. The monoisotopic (exact) mass is 331 g/mol. The van der Waals surface area contributed by atoms with Gasteiger partial charge in [-0.1, -0.05) is 7.43 Å². The van der Waals surface area contributed by atoms with Gasteiger partial charge in [0, 0.05) is 7.11 Å². The molecule has 10 nitrogen and oxygen atoms in total. The van der Waals surface area contributed by atoms with Crippen molar-refractivity contribution >= 4 is 17.1 Å². The van der Waals surface area contributed by atoms with Crippen molar-refractivity contribution in [3.05, 3.63) is 16.7 Å². The van der Waals surface area contributed by atoms with E-state index in [0.29, 0.717) is 0 Å². The molecule has 0 aliphatic carbocycles.